The number of benzene rings is 7. The third kappa shape index (κ3) is 3.69. The van der Waals surface area contributed by atoms with Gasteiger partial charge in [-0.05, 0) is 67.4 Å². The van der Waals surface area contributed by atoms with Crippen LogP contribution in [0.25, 0.3) is 59.8 Å². The van der Waals surface area contributed by atoms with E-state index in [2.05, 4.69) is 91.0 Å². The smallest absolute Gasteiger partial charge is 0.144 e. The standard InChI is InChI=1S/C39H25NO/c40-35(26-15-5-2-6-16-26)24-32(25-13-3-1-4-14-25)34-23-33-29-19-8-7-17-27(29)28-18-9-10-20-30(28)37(33)39-38(34)31-21-11-12-22-36(31)41-39/h1-24,40H/b32-24-,40-35?. The van der Waals surface area contributed by atoms with Crippen molar-refractivity contribution < 1.29 is 4.42 Å². The zero-order valence-corrected chi connectivity index (χ0v) is 22.3. The van der Waals surface area contributed by atoms with Crippen molar-refractivity contribution in [1.29, 1.82) is 5.41 Å². The molecule has 1 heterocycles. The van der Waals surface area contributed by atoms with Crippen LogP contribution in [0.5, 0.6) is 0 Å². The molecule has 1 aromatic heterocycles. The lowest BCUT2D eigenvalue weighted by Crippen LogP contribution is -1.99. The van der Waals surface area contributed by atoms with Crippen molar-refractivity contribution in [3.63, 3.8) is 0 Å². The Hall–Kier alpha value is -5.47. The molecule has 0 atom stereocenters. The fraction of sp³-hybridized carbons (Fsp3) is 0. The van der Waals surface area contributed by atoms with Crippen LogP contribution in [0.4, 0.5) is 0 Å². The molecule has 0 aliphatic rings. The van der Waals surface area contributed by atoms with Crippen molar-refractivity contribution in [2.75, 3.05) is 0 Å². The Labute approximate surface area is 237 Å². The minimum absolute atomic E-state index is 0.467. The minimum Gasteiger partial charge on any atom is -0.455 e. The second-order valence-electron chi connectivity index (χ2n) is 10.4. The van der Waals surface area contributed by atoms with E-state index in [4.69, 9.17) is 9.83 Å². The molecule has 0 radical (unpaired) electrons. The van der Waals surface area contributed by atoms with Crippen molar-refractivity contribution in [3.05, 3.63) is 162 Å². The summed E-state index contributed by atoms with van der Waals surface area (Å²) >= 11 is 0. The molecule has 0 aliphatic heterocycles. The number of furan rings is 1. The molecule has 0 fully saturated rings. The van der Waals surface area contributed by atoms with E-state index in [1.54, 1.807) is 0 Å². The molecule has 1 N–H and O–H groups in total. The Bertz CT molecular complexity index is 2310. The van der Waals surface area contributed by atoms with E-state index in [1.807, 2.05) is 54.6 Å². The second kappa shape index (κ2) is 9.32. The molecule has 2 nitrogen and oxygen atoms in total. The first-order valence-electron chi connectivity index (χ1n) is 13.9. The maximum Gasteiger partial charge on any atom is 0.144 e. The van der Waals surface area contributed by atoms with Crippen LogP contribution >= 0.6 is 0 Å². The topological polar surface area (TPSA) is 37.0 Å². The van der Waals surface area contributed by atoms with Crippen LogP contribution in [0, 0.1) is 5.41 Å². The van der Waals surface area contributed by atoms with E-state index < -0.39 is 0 Å². The Morgan fingerprint density at radius 3 is 1.68 bits per heavy atom. The third-order valence-electron chi connectivity index (χ3n) is 8.10. The predicted octanol–water partition coefficient (Wildman–Crippen LogP) is 10.5. The largest absolute Gasteiger partial charge is 0.455 e. The van der Waals surface area contributed by atoms with Gasteiger partial charge in [-0.25, -0.2) is 0 Å². The van der Waals surface area contributed by atoms with Crippen molar-refractivity contribution in [3.8, 4) is 0 Å². The van der Waals surface area contributed by atoms with Gasteiger partial charge in [0.05, 0.1) is 5.71 Å². The minimum atomic E-state index is 0.467. The number of hydrogen-bond acceptors (Lipinski definition) is 2. The van der Waals surface area contributed by atoms with Crippen LogP contribution in [0.15, 0.2) is 150 Å². The van der Waals surface area contributed by atoms with Gasteiger partial charge in [0.1, 0.15) is 11.2 Å². The molecule has 0 saturated heterocycles. The van der Waals surface area contributed by atoms with E-state index in [9.17, 15) is 0 Å². The van der Waals surface area contributed by atoms with Gasteiger partial charge in [0.2, 0.25) is 0 Å². The average molecular weight is 524 g/mol. The highest BCUT2D eigenvalue weighted by atomic mass is 16.3. The van der Waals surface area contributed by atoms with Gasteiger partial charge in [-0.3, -0.25) is 0 Å². The van der Waals surface area contributed by atoms with Crippen LogP contribution in [-0.2, 0) is 0 Å². The second-order valence-corrected chi connectivity index (χ2v) is 10.4. The Morgan fingerprint density at radius 2 is 1.00 bits per heavy atom. The zero-order chi connectivity index (χ0) is 27.3. The monoisotopic (exact) mass is 523 g/mol. The third-order valence-corrected chi connectivity index (χ3v) is 8.10. The normalized spacial score (nSPS) is 12.1. The van der Waals surface area contributed by atoms with Crippen LogP contribution in [-0.4, -0.2) is 5.71 Å². The molecule has 0 spiro atoms. The molecular weight excluding hydrogens is 498 g/mol. The highest BCUT2D eigenvalue weighted by molar-refractivity contribution is 6.34. The molecular formula is C39H25NO. The van der Waals surface area contributed by atoms with Gasteiger partial charge in [-0.15, -0.1) is 0 Å². The molecule has 8 rings (SSSR count). The lowest BCUT2D eigenvalue weighted by Gasteiger charge is -2.16. The summed E-state index contributed by atoms with van der Waals surface area (Å²) in [6.07, 6.45) is 2.01. The SMILES string of the molecule is N=C(/C=C(/c1ccccc1)c1cc2c3ccccc3c3ccccc3c2c2oc3ccccc3c12)c1ccccc1. The maximum atomic E-state index is 9.09. The van der Waals surface area contributed by atoms with Gasteiger partial charge in [0, 0.05) is 16.2 Å². The molecule has 8 aromatic rings. The number of rotatable bonds is 4. The van der Waals surface area contributed by atoms with E-state index in [1.165, 1.54) is 21.5 Å². The van der Waals surface area contributed by atoms with Crippen molar-refractivity contribution in [2.45, 2.75) is 0 Å². The van der Waals surface area contributed by atoms with Gasteiger partial charge in [0.25, 0.3) is 0 Å². The van der Waals surface area contributed by atoms with Crippen LogP contribution in [0.1, 0.15) is 16.7 Å². The summed E-state index contributed by atoms with van der Waals surface area (Å²) in [7, 11) is 0. The van der Waals surface area contributed by atoms with Crippen LogP contribution in [0.3, 0.4) is 0 Å². The van der Waals surface area contributed by atoms with Gasteiger partial charge in [0.15, 0.2) is 0 Å². The summed E-state index contributed by atoms with van der Waals surface area (Å²) < 4.78 is 6.76. The Morgan fingerprint density at radius 1 is 0.488 bits per heavy atom. The van der Waals surface area contributed by atoms with E-state index >= 15 is 0 Å². The molecule has 0 aliphatic carbocycles. The first kappa shape index (κ1) is 23.4. The quantitative estimate of drug-likeness (QED) is 0.181. The molecule has 7 aromatic carbocycles. The van der Waals surface area contributed by atoms with Gasteiger partial charge < -0.3 is 9.83 Å². The Kier molecular flexibility index (Phi) is 5.33. The van der Waals surface area contributed by atoms with Crippen molar-refractivity contribution in [1.82, 2.24) is 0 Å². The Balaban J connectivity index is 1.59. The number of para-hydroxylation sites is 1. The van der Waals surface area contributed by atoms with E-state index in [-0.39, 0.29) is 0 Å². The molecule has 192 valence electrons. The molecule has 0 unspecified atom stereocenters. The van der Waals surface area contributed by atoms with Crippen molar-refractivity contribution >= 4 is 65.5 Å². The lowest BCUT2D eigenvalue weighted by molar-refractivity contribution is 0.673. The molecule has 2 heteroatoms. The first-order valence-corrected chi connectivity index (χ1v) is 13.9. The van der Waals surface area contributed by atoms with Crippen LogP contribution in [0.2, 0.25) is 0 Å². The fourth-order valence-electron chi connectivity index (χ4n) is 6.26. The molecule has 41 heavy (non-hydrogen) atoms. The first-order chi connectivity index (χ1) is 20.3. The number of nitrogens with one attached hydrogen (secondary N) is 1. The number of allylic oxidation sites excluding steroid dienone is 1. The van der Waals surface area contributed by atoms with E-state index in [0.29, 0.717) is 5.71 Å². The number of fused-ring (bicyclic) bond motifs is 10. The van der Waals surface area contributed by atoms with Crippen LogP contribution < -0.4 is 0 Å². The lowest BCUT2D eigenvalue weighted by atomic mass is 9.87. The van der Waals surface area contributed by atoms with Gasteiger partial charge in [-0.1, -0.05) is 127 Å². The van der Waals surface area contributed by atoms with Gasteiger partial charge >= 0.3 is 0 Å². The molecule has 0 amide bonds. The summed E-state index contributed by atoms with van der Waals surface area (Å²) in [4.78, 5) is 0. The summed E-state index contributed by atoms with van der Waals surface area (Å²) in [5.41, 5.74) is 6.21. The molecule has 0 bridgehead atoms. The summed E-state index contributed by atoms with van der Waals surface area (Å²) in [6, 6.07) is 48.2. The summed E-state index contributed by atoms with van der Waals surface area (Å²) in [6.45, 7) is 0. The van der Waals surface area contributed by atoms with E-state index in [0.717, 1.165) is 55.0 Å². The highest BCUT2D eigenvalue weighted by Gasteiger charge is 2.22. The average Bonchev–Trinajstić information content (AvgIpc) is 3.44. The fourth-order valence-corrected chi connectivity index (χ4v) is 6.26. The predicted molar refractivity (Wildman–Crippen MR) is 173 cm³/mol. The van der Waals surface area contributed by atoms with Gasteiger partial charge in [-0.2, -0.15) is 0 Å². The highest BCUT2D eigenvalue weighted by Crippen LogP contribution is 2.45. The summed E-state index contributed by atoms with van der Waals surface area (Å²) in [5, 5.41) is 18.3. The number of hydrogen-bond donors (Lipinski definition) is 1. The molecule has 0 saturated carbocycles. The summed E-state index contributed by atoms with van der Waals surface area (Å²) in [5.74, 6) is 0. The van der Waals surface area contributed by atoms with Crippen molar-refractivity contribution in [2.24, 2.45) is 0 Å². The maximum absolute atomic E-state index is 9.09. The zero-order valence-electron chi connectivity index (χ0n) is 22.3.